The van der Waals surface area contributed by atoms with E-state index in [1.165, 1.54) is 6.92 Å². The van der Waals surface area contributed by atoms with E-state index in [0.29, 0.717) is 72.3 Å². The molecule has 0 spiro atoms. The van der Waals surface area contributed by atoms with Crippen LogP contribution in [-0.2, 0) is 5.41 Å². The number of aromatic hydroxyl groups is 9. The third-order valence-corrected chi connectivity index (χ3v) is 12.7. The van der Waals surface area contributed by atoms with Crippen LogP contribution in [0.15, 0.2) is 0 Å². The molecule has 0 atom stereocenters. The highest BCUT2D eigenvalue weighted by Crippen LogP contribution is 2.70. The molecule has 56 heavy (non-hydrogen) atoms. The monoisotopic (exact) mass is 755 g/mol. The highest BCUT2D eigenvalue weighted by atomic mass is 16.5. The Morgan fingerprint density at radius 2 is 0.982 bits per heavy atom. The van der Waals surface area contributed by atoms with Crippen LogP contribution in [0.1, 0.15) is 73.6 Å². The van der Waals surface area contributed by atoms with Gasteiger partial charge in [-0.15, -0.1) is 0 Å². The van der Waals surface area contributed by atoms with Crippen LogP contribution in [0.4, 0.5) is 17.1 Å². The lowest BCUT2D eigenvalue weighted by Crippen LogP contribution is -2.61. The van der Waals surface area contributed by atoms with Crippen LogP contribution in [0.3, 0.4) is 0 Å². The van der Waals surface area contributed by atoms with Gasteiger partial charge in [-0.25, -0.2) is 0 Å². The van der Waals surface area contributed by atoms with Crippen LogP contribution in [-0.4, -0.2) is 52.7 Å². The van der Waals surface area contributed by atoms with Crippen molar-refractivity contribution in [3.63, 3.8) is 0 Å². The summed E-state index contributed by atoms with van der Waals surface area (Å²) in [6.07, 6.45) is 0. The summed E-state index contributed by atoms with van der Waals surface area (Å²) in [7, 11) is 0. The largest absolute Gasteiger partial charge is 0.507 e. The summed E-state index contributed by atoms with van der Waals surface area (Å²) in [5.41, 5.74) is 5.54. The Balaban J connectivity index is 0.00000202. The molecule has 6 aromatic carbocycles. The predicted octanol–water partition coefficient (Wildman–Crippen LogP) is 7.88. The second kappa shape index (κ2) is 10.5. The molecule has 0 bridgehead atoms. The Kier molecular flexibility index (Phi) is 6.64. The number of rotatable bonds is 0. The molecule has 6 aromatic rings. The van der Waals surface area contributed by atoms with E-state index in [-0.39, 0.29) is 72.6 Å². The molecule has 10 rings (SSSR count). The fourth-order valence-corrected chi connectivity index (χ4v) is 10.3. The van der Waals surface area contributed by atoms with E-state index in [2.05, 4.69) is 0 Å². The SMILES string of the molecule is CC.Cc1c(O)c(C)c2c(c1O)Oc1c3c4c5c(c(C)c(O)c(O)c5c1O)-c1c(C)c(C(C)(C)C)c(O)c5c1N4c1c(c(O)c(O)c4c(C)c(C)c(O)c-5c14)B23. The first-order chi connectivity index (χ1) is 26.3. The molecule has 0 fully saturated rings. The Hall–Kier alpha value is -6.30. The van der Waals surface area contributed by atoms with Crippen molar-refractivity contribution in [1.82, 2.24) is 0 Å². The number of phenols is 9. The number of aryl methyl sites for hydroxylation is 1. The molecule has 0 aliphatic carbocycles. The molecule has 4 heterocycles. The Morgan fingerprint density at radius 1 is 0.411 bits per heavy atom. The number of fused-ring (bicyclic) bond motifs is 5. The van der Waals surface area contributed by atoms with Crippen LogP contribution in [0, 0.1) is 41.5 Å². The Bertz CT molecular complexity index is 2890. The highest BCUT2D eigenvalue weighted by molar-refractivity contribution is 7.01. The standard InChI is InChI=1S/C42H36BNO10.C2H6/c1-10-11(2)32(46)21-20-18(10)36(50)39(53)26-29(20)44-28-17(12(3)24(42(7,8)9)35(49)22(21)28)16-13(4)33(47)37(51)23-19(16)30(44)27-41(38(23)52)54-40-25(43(26)27)14(5)31(45)15(6)34(40)48;1-2/h45-53H,1-9H3;1-2H3. The van der Waals surface area contributed by atoms with Crippen molar-refractivity contribution in [2.45, 2.75) is 81.6 Å². The van der Waals surface area contributed by atoms with E-state index in [1.54, 1.807) is 27.7 Å². The minimum atomic E-state index is -1.11. The van der Waals surface area contributed by atoms with Gasteiger partial charge in [-0.3, -0.25) is 0 Å². The second-order valence-corrected chi connectivity index (χ2v) is 16.3. The van der Waals surface area contributed by atoms with E-state index in [9.17, 15) is 46.0 Å². The summed E-state index contributed by atoms with van der Waals surface area (Å²) < 4.78 is 6.42. The lowest BCUT2D eigenvalue weighted by molar-refractivity contribution is 0.380. The van der Waals surface area contributed by atoms with E-state index < -0.39 is 46.6 Å². The topological polar surface area (TPSA) is 195 Å². The molecule has 0 aromatic heterocycles. The van der Waals surface area contributed by atoms with Gasteiger partial charge in [0.15, 0.2) is 46.0 Å². The molecular weight excluding hydrogens is 713 g/mol. The van der Waals surface area contributed by atoms with Gasteiger partial charge in [-0.2, -0.15) is 0 Å². The molecule has 4 aliphatic heterocycles. The van der Waals surface area contributed by atoms with Crippen LogP contribution in [0.5, 0.6) is 63.2 Å². The molecule has 286 valence electrons. The molecule has 0 saturated carbocycles. The predicted molar refractivity (Wildman–Crippen MR) is 219 cm³/mol. The molecule has 0 amide bonds. The molecular formula is C44H42BNO10. The summed E-state index contributed by atoms with van der Waals surface area (Å²) in [5.74, 6) is -3.77. The lowest BCUT2D eigenvalue weighted by Gasteiger charge is -2.48. The molecule has 11 nitrogen and oxygen atoms in total. The lowest BCUT2D eigenvalue weighted by atomic mass is 9.32. The van der Waals surface area contributed by atoms with E-state index in [1.807, 2.05) is 46.4 Å². The highest BCUT2D eigenvalue weighted by Gasteiger charge is 2.54. The number of benzene rings is 6. The maximum Gasteiger partial charge on any atom is 0.262 e. The van der Waals surface area contributed by atoms with E-state index in [4.69, 9.17) is 4.74 Å². The molecule has 0 radical (unpaired) electrons. The van der Waals surface area contributed by atoms with Gasteiger partial charge in [0.25, 0.3) is 6.71 Å². The summed E-state index contributed by atoms with van der Waals surface area (Å²) in [6.45, 7) is 18.8. The van der Waals surface area contributed by atoms with Gasteiger partial charge in [0, 0.05) is 60.5 Å². The van der Waals surface area contributed by atoms with Gasteiger partial charge in [0.2, 0.25) is 0 Å². The van der Waals surface area contributed by atoms with Gasteiger partial charge in [-0.05, 0) is 74.7 Å². The maximum atomic E-state index is 12.6. The second-order valence-electron chi connectivity index (χ2n) is 16.3. The fourth-order valence-electron chi connectivity index (χ4n) is 10.3. The summed E-state index contributed by atoms with van der Waals surface area (Å²) >= 11 is 0. The number of hydrogen-bond donors (Lipinski definition) is 9. The van der Waals surface area contributed by atoms with Crippen molar-refractivity contribution in [2.24, 2.45) is 0 Å². The van der Waals surface area contributed by atoms with Crippen molar-refractivity contribution >= 4 is 61.7 Å². The minimum absolute atomic E-state index is 0.101. The van der Waals surface area contributed by atoms with Gasteiger partial charge < -0.3 is 55.6 Å². The summed E-state index contributed by atoms with van der Waals surface area (Å²) in [6, 6.07) is 0. The zero-order chi connectivity index (χ0) is 40.8. The van der Waals surface area contributed by atoms with Gasteiger partial charge in [0.05, 0.1) is 28.0 Å². The number of phenolic OH excluding ortho intramolecular Hbond substituents is 9. The number of anilines is 3. The average Bonchev–Trinajstić information content (AvgIpc) is 3.15. The summed E-state index contributed by atoms with van der Waals surface area (Å²) in [4.78, 5) is 1.83. The number of hydrogen-bond acceptors (Lipinski definition) is 11. The van der Waals surface area contributed by atoms with Crippen molar-refractivity contribution in [1.29, 1.82) is 0 Å². The van der Waals surface area contributed by atoms with Crippen molar-refractivity contribution in [2.75, 3.05) is 4.90 Å². The van der Waals surface area contributed by atoms with Crippen LogP contribution in [0.25, 0.3) is 43.8 Å². The van der Waals surface area contributed by atoms with Crippen LogP contribution < -0.4 is 26.0 Å². The Morgan fingerprint density at radius 3 is 1.61 bits per heavy atom. The van der Waals surface area contributed by atoms with Crippen LogP contribution in [0.2, 0.25) is 0 Å². The smallest absolute Gasteiger partial charge is 0.262 e. The molecule has 4 aliphatic rings. The van der Waals surface area contributed by atoms with Crippen LogP contribution >= 0.6 is 0 Å². The third kappa shape index (κ3) is 3.53. The average molecular weight is 756 g/mol. The zero-order valence-corrected chi connectivity index (χ0v) is 33.0. The molecule has 9 N–H and O–H groups in total. The quantitative estimate of drug-likeness (QED) is 0.0540. The minimum Gasteiger partial charge on any atom is -0.507 e. The van der Waals surface area contributed by atoms with Gasteiger partial charge in [0.1, 0.15) is 17.2 Å². The first-order valence-corrected chi connectivity index (χ1v) is 18.7. The first kappa shape index (κ1) is 35.4. The first-order valence-electron chi connectivity index (χ1n) is 18.7. The van der Waals surface area contributed by atoms with Gasteiger partial charge >= 0.3 is 0 Å². The fraction of sp³-hybridized carbons (Fsp3) is 0.273. The van der Waals surface area contributed by atoms with Gasteiger partial charge in [-0.1, -0.05) is 34.6 Å². The normalized spacial score (nSPS) is 13.6. The van der Waals surface area contributed by atoms with Crippen molar-refractivity contribution in [3.05, 3.63) is 38.9 Å². The third-order valence-electron chi connectivity index (χ3n) is 12.7. The Labute approximate surface area is 322 Å². The van der Waals surface area contributed by atoms with E-state index >= 15 is 0 Å². The summed E-state index contributed by atoms with van der Waals surface area (Å²) in [5, 5.41) is 109. The van der Waals surface area contributed by atoms with Crippen molar-refractivity contribution < 1.29 is 50.7 Å². The number of ether oxygens (including phenoxy) is 1. The van der Waals surface area contributed by atoms with E-state index in [0.717, 1.165) is 0 Å². The van der Waals surface area contributed by atoms with Crippen molar-refractivity contribution in [3.8, 4) is 85.5 Å². The molecule has 0 saturated heterocycles. The number of nitrogens with zero attached hydrogens (tertiary/aromatic N) is 1. The molecule has 12 heteroatoms. The zero-order valence-electron chi connectivity index (χ0n) is 33.0. The maximum absolute atomic E-state index is 12.6. The molecule has 0 unspecified atom stereocenters.